The molecule has 1 aliphatic rings. The lowest BCUT2D eigenvalue weighted by Gasteiger charge is -2.14. The number of amides is 2. The van der Waals surface area contributed by atoms with E-state index in [9.17, 15) is 9.59 Å². The lowest BCUT2D eigenvalue weighted by Crippen LogP contribution is -2.29. The van der Waals surface area contributed by atoms with Gasteiger partial charge in [0.2, 0.25) is 11.8 Å². The van der Waals surface area contributed by atoms with Crippen LogP contribution in [0, 0.1) is 11.8 Å². The summed E-state index contributed by atoms with van der Waals surface area (Å²) in [5.74, 6) is -0.788. The maximum Gasteiger partial charge on any atom is 0.228 e. The summed E-state index contributed by atoms with van der Waals surface area (Å²) in [5, 5.41) is 6.26. The predicted molar refractivity (Wildman–Crippen MR) is 94.7 cm³/mol. The fraction of sp³-hybridized carbons (Fsp3) is 0.263. The van der Waals surface area contributed by atoms with Crippen molar-refractivity contribution in [1.82, 2.24) is 5.32 Å². The molecule has 1 aliphatic carbocycles. The lowest BCUT2D eigenvalue weighted by molar-refractivity contribution is -0.125. The molecule has 0 spiro atoms. The van der Waals surface area contributed by atoms with Gasteiger partial charge in [-0.15, -0.1) is 0 Å². The standard InChI is InChI=1S/C19H19ClN2O2/c1-12(13-7-3-2-4-8-13)21-18(23)14-11-15(14)19(24)22-17-10-6-5-9-16(17)20/h2-10,12,14-15H,11H2,1H3,(H,21,23)(H,22,24). The monoisotopic (exact) mass is 342 g/mol. The molecule has 2 amide bonds. The number of hydrogen-bond donors (Lipinski definition) is 2. The molecule has 0 saturated heterocycles. The molecular formula is C19H19ClN2O2. The second-order valence-corrected chi connectivity index (χ2v) is 6.47. The summed E-state index contributed by atoms with van der Waals surface area (Å²) in [6.07, 6.45) is 0.573. The topological polar surface area (TPSA) is 58.2 Å². The van der Waals surface area contributed by atoms with E-state index in [4.69, 9.17) is 11.6 Å². The van der Waals surface area contributed by atoms with Crippen LogP contribution in [0.1, 0.15) is 24.9 Å². The minimum absolute atomic E-state index is 0.0772. The normalized spacial score (nSPS) is 20.1. The molecule has 24 heavy (non-hydrogen) atoms. The molecular weight excluding hydrogens is 324 g/mol. The molecule has 3 unspecified atom stereocenters. The Kier molecular flexibility index (Phi) is 4.86. The third-order valence-corrected chi connectivity index (χ3v) is 4.58. The second kappa shape index (κ2) is 7.05. The number of nitrogens with one attached hydrogen (secondary N) is 2. The predicted octanol–water partition coefficient (Wildman–Crippen LogP) is 3.79. The minimum atomic E-state index is -0.288. The van der Waals surface area contributed by atoms with Crippen LogP contribution in [0.5, 0.6) is 0 Å². The van der Waals surface area contributed by atoms with Crippen LogP contribution in [0.25, 0.3) is 0 Å². The van der Waals surface area contributed by atoms with Crippen molar-refractivity contribution in [3.8, 4) is 0 Å². The summed E-state index contributed by atoms with van der Waals surface area (Å²) in [4.78, 5) is 24.6. The summed E-state index contributed by atoms with van der Waals surface area (Å²) in [5.41, 5.74) is 1.62. The Morgan fingerprint density at radius 2 is 1.62 bits per heavy atom. The van der Waals surface area contributed by atoms with Gasteiger partial charge in [0.25, 0.3) is 0 Å². The van der Waals surface area contributed by atoms with E-state index in [-0.39, 0.29) is 29.7 Å². The summed E-state index contributed by atoms with van der Waals surface area (Å²) in [7, 11) is 0. The highest BCUT2D eigenvalue weighted by atomic mass is 35.5. The quantitative estimate of drug-likeness (QED) is 0.868. The Morgan fingerprint density at radius 1 is 1.00 bits per heavy atom. The van der Waals surface area contributed by atoms with Crippen LogP contribution in [0.3, 0.4) is 0 Å². The summed E-state index contributed by atoms with van der Waals surface area (Å²) < 4.78 is 0. The van der Waals surface area contributed by atoms with Crippen LogP contribution in [0.15, 0.2) is 54.6 Å². The summed E-state index contributed by atoms with van der Waals surface area (Å²) in [6.45, 7) is 1.94. The Labute approximate surface area is 146 Å². The van der Waals surface area contributed by atoms with Gasteiger partial charge in [-0.3, -0.25) is 9.59 Å². The molecule has 3 rings (SSSR count). The van der Waals surface area contributed by atoms with Crippen LogP contribution in [0.2, 0.25) is 5.02 Å². The van der Waals surface area contributed by atoms with E-state index in [1.54, 1.807) is 24.3 Å². The molecule has 0 heterocycles. The van der Waals surface area contributed by atoms with E-state index in [1.165, 1.54) is 0 Å². The molecule has 0 aliphatic heterocycles. The van der Waals surface area contributed by atoms with Crippen LogP contribution in [-0.4, -0.2) is 11.8 Å². The molecule has 2 N–H and O–H groups in total. The molecule has 2 aromatic rings. The highest BCUT2D eigenvalue weighted by molar-refractivity contribution is 6.33. The van der Waals surface area contributed by atoms with Crippen molar-refractivity contribution in [2.45, 2.75) is 19.4 Å². The second-order valence-electron chi connectivity index (χ2n) is 6.06. The van der Waals surface area contributed by atoms with Gasteiger partial charge in [-0.25, -0.2) is 0 Å². The first kappa shape index (κ1) is 16.5. The zero-order valence-electron chi connectivity index (χ0n) is 13.3. The van der Waals surface area contributed by atoms with E-state index in [1.807, 2.05) is 37.3 Å². The van der Waals surface area contributed by atoms with Crippen LogP contribution in [-0.2, 0) is 9.59 Å². The van der Waals surface area contributed by atoms with Gasteiger partial charge in [0.05, 0.1) is 28.6 Å². The van der Waals surface area contributed by atoms with Crippen LogP contribution >= 0.6 is 11.6 Å². The van der Waals surface area contributed by atoms with Gasteiger partial charge in [-0.1, -0.05) is 54.1 Å². The number of halogens is 1. The fourth-order valence-corrected chi connectivity index (χ4v) is 2.89. The maximum absolute atomic E-state index is 12.3. The number of rotatable bonds is 5. The number of carbonyl (C=O) groups excluding carboxylic acids is 2. The maximum atomic E-state index is 12.3. The van der Waals surface area contributed by atoms with Gasteiger partial charge >= 0.3 is 0 Å². The molecule has 0 radical (unpaired) electrons. The fourth-order valence-electron chi connectivity index (χ4n) is 2.71. The molecule has 1 fully saturated rings. The van der Waals surface area contributed by atoms with E-state index in [2.05, 4.69) is 10.6 Å². The molecule has 1 saturated carbocycles. The molecule has 124 valence electrons. The van der Waals surface area contributed by atoms with Crippen molar-refractivity contribution in [3.05, 3.63) is 65.2 Å². The average molecular weight is 343 g/mol. The third-order valence-electron chi connectivity index (χ3n) is 4.25. The number of carbonyl (C=O) groups is 2. The summed E-state index contributed by atoms with van der Waals surface area (Å²) >= 11 is 6.04. The largest absolute Gasteiger partial charge is 0.349 e. The molecule has 4 nitrogen and oxygen atoms in total. The Bertz CT molecular complexity index is 748. The van der Waals surface area contributed by atoms with E-state index in [0.717, 1.165) is 5.56 Å². The van der Waals surface area contributed by atoms with Gasteiger partial charge in [-0.2, -0.15) is 0 Å². The molecule has 5 heteroatoms. The van der Waals surface area contributed by atoms with Crippen molar-refractivity contribution in [3.63, 3.8) is 0 Å². The first-order chi connectivity index (χ1) is 11.6. The van der Waals surface area contributed by atoms with E-state index >= 15 is 0 Å². The smallest absolute Gasteiger partial charge is 0.228 e. The molecule has 0 bridgehead atoms. The third kappa shape index (κ3) is 3.77. The zero-order chi connectivity index (χ0) is 17.1. The van der Waals surface area contributed by atoms with Crippen molar-refractivity contribution in [2.24, 2.45) is 11.8 Å². The SMILES string of the molecule is CC(NC(=O)C1CC1C(=O)Nc1ccccc1Cl)c1ccccc1. The molecule has 0 aromatic heterocycles. The number of anilines is 1. The average Bonchev–Trinajstić information content (AvgIpc) is 3.38. The Balaban J connectivity index is 1.54. The number of benzene rings is 2. The first-order valence-corrected chi connectivity index (χ1v) is 8.35. The van der Waals surface area contributed by atoms with Gasteiger partial charge in [0.1, 0.15) is 0 Å². The summed E-state index contributed by atoms with van der Waals surface area (Å²) in [6, 6.07) is 16.8. The van der Waals surface area contributed by atoms with Crippen LogP contribution in [0.4, 0.5) is 5.69 Å². The minimum Gasteiger partial charge on any atom is -0.349 e. The van der Waals surface area contributed by atoms with Crippen LogP contribution < -0.4 is 10.6 Å². The van der Waals surface area contributed by atoms with Gasteiger partial charge < -0.3 is 10.6 Å². The van der Waals surface area contributed by atoms with Gasteiger partial charge in [-0.05, 0) is 31.0 Å². The Morgan fingerprint density at radius 3 is 2.33 bits per heavy atom. The molecule has 2 aromatic carbocycles. The number of hydrogen-bond acceptors (Lipinski definition) is 2. The van der Waals surface area contributed by atoms with Crippen molar-refractivity contribution in [1.29, 1.82) is 0 Å². The van der Waals surface area contributed by atoms with Gasteiger partial charge in [0, 0.05) is 0 Å². The highest BCUT2D eigenvalue weighted by Gasteiger charge is 2.48. The van der Waals surface area contributed by atoms with Crippen molar-refractivity contribution in [2.75, 3.05) is 5.32 Å². The van der Waals surface area contributed by atoms with Crippen molar-refractivity contribution < 1.29 is 9.59 Å². The van der Waals surface area contributed by atoms with E-state index < -0.39 is 0 Å². The van der Waals surface area contributed by atoms with Gasteiger partial charge in [0.15, 0.2) is 0 Å². The van der Waals surface area contributed by atoms with Crippen molar-refractivity contribution >= 4 is 29.1 Å². The Hall–Kier alpha value is -2.33. The zero-order valence-corrected chi connectivity index (χ0v) is 14.1. The lowest BCUT2D eigenvalue weighted by atomic mass is 10.1. The first-order valence-electron chi connectivity index (χ1n) is 7.97. The highest BCUT2D eigenvalue weighted by Crippen LogP contribution is 2.40. The van der Waals surface area contributed by atoms with E-state index in [0.29, 0.717) is 17.1 Å². The number of para-hydroxylation sites is 1. The molecule has 3 atom stereocenters.